The number of ether oxygens (including phenoxy) is 1. The third-order valence-corrected chi connectivity index (χ3v) is 5.24. The summed E-state index contributed by atoms with van der Waals surface area (Å²) in [5, 5.41) is 17.8. The van der Waals surface area contributed by atoms with Crippen LogP contribution in [0, 0.1) is 0 Å². The maximum absolute atomic E-state index is 10.6. The Morgan fingerprint density at radius 1 is 0.902 bits per heavy atom. The van der Waals surface area contributed by atoms with Crippen molar-refractivity contribution < 1.29 is 50.9 Å². The third-order valence-electron chi connectivity index (χ3n) is 5.24. The van der Waals surface area contributed by atoms with E-state index >= 15 is 0 Å². The molecule has 0 saturated heterocycles. The van der Waals surface area contributed by atoms with Crippen molar-refractivity contribution in [3.63, 3.8) is 0 Å². The minimum atomic E-state index is -5.08. The highest BCUT2D eigenvalue weighted by Crippen LogP contribution is 2.24. The second-order valence-corrected chi connectivity index (χ2v) is 9.04. The van der Waals surface area contributed by atoms with Crippen LogP contribution >= 0.6 is 0 Å². The minimum Gasteiger partial charge on any atom is -0.475 e. The second-order valence-electron chi connectivity index (χ2n) is 9.04. The van der Waals surface area contributed by atoms with E-state index in [1.807, 2.05) is 30.3 Å². The van der Waals surface area contributed by atoms with E-state index in [1.54, 1.807) is 6.33 Å². The van der Waals surface area contributed by atoms with Crippen LogP contribution in [0.4, 0.5) is 26.3 Å². The lowest BCUT2D eigenvalue weighted by Crippen LogP contribution is -2.41. The molecule has 0 fully saturated rings. The van der Waals surface area contributed by atoms with E-state index in [9.17, 15) is 26.3 Å². The van der Waals surface area contributed by atoms with Gasteiger partial charge in [0.2, 0.25) is 0 Å². The molecule has 1 aromatic heterocycles. The van der Waals surface area contributed by atoms with E-state index in [4.69, 9.17) is 24.5 Å². The van der Waals surface area contributed by atoms with Crippen molar-refractivity contribution >= 4 is 23.0 Å². The van der Waals surface area contributed by atoms with Crippen molar-refractivity contribution in [3.05, 3.63) is 54.4 Å². The Labute approximate surface area is 232 Å². The number of nitrogens with zero attached hydrogens (tertiary/aromatic N) is 2. The molecule has 0 aliphatic heterocycles. The lowest BCUT2D eigenvalue weighted by Gasteiger charge is -2.30. The van der Waals surface area contributed by atoms with Crippen LogP contribution in [0.15, 0.2) is 48.8 Å². The van der Waals surface area contributed by atoms with Gasteiger partial charge in [0.15, 0.2) is 0 Å². The first-order valence-corrected chi connectivity index (χ1v) is 12.2. The minimum absolute atomic E-state index is 0.573. The van der Waals surface area contributed by atoms with E-state index in [0.29, 0.717) is 12.1 Å². The molecule has 9 nitrogen and oxygen atoms in total. The van der Waals surface area contributed by atoms with Crippen molar-refractivity contribution in [2.75, 3.05) is 13.1 Å². The number of hydrogen-bond donors (Lipinski definition) is 4. The number of aliphatic carboxylic acids is 2. The number of alkyl halides is 6. The lowest BCUT2D eigenvalue weighted by atomic mass is 10.2. The number of imidazole rings is 1. The Kier molecular flexibility index (Phi) is 13.6. The van der Waals surface area contributed by atoms with Gasteiger partial charge in [-0.2, -0.15) is 26.3 Å². The maximum atomic E-state index is 10.6. The van der Waals surface area contributed by atoms with Gasteiger partial charge < -0.3 is 25.3 Å². The molecule has 4 N–H and O–H groups in total. The Balaban J connectivity index is 0.000000497. The molecule has 0 atom stereocenters. The standard InChI is InChI=1S/C22H30N4O.2C2HF3O2/c1-16(2)26(17(3)4)12-11-23-14-18-5-7-19(8-6-18)27-20-9-10-21-22(13-20)25-15-24-21;2*3-2(4,5)1(6)7/h5-10,13,15-17,23H,11-12,14H2,1-4H3,(H,24,25);2*(H,6,7). The van der Waals surface area contributed by atoms with Gasteiger partial charge in [-0.1, -0.05) is 12.1 Å². The van der Waals surface area contributed by atoms with Crippen LogP contribution in [0.3, 0.4) is 0 Å². The molecule has 3 aromatic rings. The number of rotatable bonds is 9. The molecular weight excluding hydrogens is 562 g/mol. The highest BCUT2D eigenvalue weighted by Gasteiger charge is 2.38. The predicted octanol–water partition coefficient (Wildman–Crippen LogP) is 5.83. The smallest absolute Gasteiger partial charge is 0.475 e. The SMILES string of the molecule is CC(C)N(CCNCc1ccc(Oc2ccc3nc[nH]c3c2)cc1)C(C)C.O=C(O)C(F)(F)F.O=C(O)C(F)(F)F. The zero-order chi connectivity index (χ0) is 31.4. The summed E-state index contributed by atoms with van der Waals surface area (Å²) in [6.45, 7) is 11.9. The molecule has 15 heteroatoms. The van der Waals surface area contributed by atoms with Crippen LogP contribution in [0.2, 0.25) is 0 Å². The highest BCUT2D eigenvalue weighted by atomic mass is 19.4. The van der Waals surface area contributed by atoms with Crippen molar-refractivity contribution in [3.8, 4) is 11.5 Å². The first-order valence-electron chi connectivity index (χ1n) is 12.2. The van der Waals surface area contributed by atoms with Gasteiger partial charge in [0.25, 0.3) is 0 Å². The number of carboxylic acids is 2. The summed E-state index contributed by atoms with van der Waals surface area (Å²) in [5.74, 6) is -3.87. The summed E-state index contributed by atoms with van der Waals surface area (Å²) in [6, 6.07) is 15.3. The van der Waals surface area contributed by atoms with Gasteiger partial charge in [0, 0.05) is 37.8 Å². The summed E-state index contributed by atoms with van der Waals surface area (Å²) in [6.07, 6.45) is -8.47. The van der Waals surface area contributed by atoms with Gasteiger partial charge >= 0.3 is 24.3 Å². The number of carboxylic acid groups (broad SMARTS) is 2. The van der Waals surface area contributed by atoms with Gasteiger partial charge in [0.1, 0.15) is 11.5 Å². The van der Waals surface area contributed by atoms with Gasteiger partial charge in [-0.15, -0.1) is 0 Å². The molecule has 41 heavy (non-hydrogen) atoms. The van der Waals surface area contributed by atoms with E-state index in [-0.39, 0.29) is 0 Å². The Morgan fingerprint density at radius 2 is 1.39 bits per heavy atom. The molecule has 0 aliphatic rings. The first-order chi connectivity index (χ1) is 18.9. The number of carbonyl (C=O) groups is 2. The van der Waals surface area contributed by atoms with Crippen LogP contribution in [0.1, 0.15) is 33.3 Å². The fourth-order valence-electron chi connectivity index (χ4n) is 3.34. The number of benzene rings is 2. The van der Waals surface area contributed by atoms with Crippen LogP contribution in [0.5, 0.6) is 11.5 Å². The van der Waals surface area contributed by atoms with Crippen molar-refractivity contribution in [1.29, 1.82) is 0 Å². The number of aromatic nitrogens is 2. The van der Waals surface area contributed by atoms with Crippen LogP contribution in [-0.2, 0) is 16.1 Å². The van der Waals surface area contributed by atoms with Crippen LogP contribution in [0.25, 0.3) is 11.0 Å². The van der Waals surface area contributed by atoms with Gasteiger partial charge in [-0.05, 0) is 57.5 Å². The zero-order valence-electron chi connectivity index (χ0n) is 22.7. The lowest BCUT2D eigenvalue weighted by molar-refractivity contribution is -0.193. The molecule has 2 aromatic carbocycles. The summed E-state index contributed by atoms with van der Waals surface area (Å²) in [5.41, 5.74) is 3.18. The molecule has 0 saturated carbocycles. The van der Waals surface area contributed by atoms with Crippen molar-refractivity contribution in [2.24, 2.45) is 0 Å². The largest absolute Gasteiger partial charge is 0.490 e. The number of aromatic amines is 1. The summed E-state index contributed by atoms with van der Waals surface area (Å²) < 4.78 is 69.4. The van der Waals surface area contributed by atoms with E-state index in [0.717, 1.165) is 42.2 Å². The molecule has 0 bridgehead atoms. The fourth-order valence-corrected chi connectivity index (χ4v) is 3.34. The quantitative estimate of drug-likeness (QED) is 0.180. The van der Waals surface area contributed by atoms with Gasteiger partial charge in [-0.25, -0.2) is 14.6 Å². The molecule has 3 rings (SSSR count). The van der Waals surface area contributed by atoms with Gasteiger partial charge in [-0.3, -0.25) is 4.90 Å². The third kappa shape index (κ3) is 13.4. The molecule has 0 spiro atoms. The summed E-state index contributed by atoms with van der Waals surface area (Å²) in [7, 11) is 0. The molecule has 0 radical (unpaired) electrons. The van der Waals surface area contributed by atoms with Crippen molar-refractivity contribution in [1.82, 2.24) is 20.2 Å². The topological polar surface area (TPSA) is 128 Å². The maximum Gasteiger partial charge on any atom is 0.490 e. The first kappa shape index (κ1) is 35.2. The number of H-pyrrole nitrogens is 1. The number of fused-ring (bicyclic) bond motifs is 1. The fraction of sp³-hybridized carbons (Fsp3) is 0.423. The average molecular weight is 595 g/mol. The summed E-state index contributed by atoms with van der Waals surface area (Å²) >= 11 is 0. The van der Waals surface area contributed by atoms with Crippen molar-refractivity contribution in [2.45, 2.75) is 58.7 Å². The number of hydrogen-bond acceptors (Lipinski definition) is 6. The van der Waals surface area contributed by atoms with E-state index < -0.39 is 24.3 Å². The normalized spacial score (nSPS) is 11.6. The highest BCUT2D eigenvalue weighted by molar-refractivity contribution is 5.76. The monoisotopic (exact) mass is 594 g/mol. The predicted molar refractivity (Wildman–Crippen MR) is 139 cm³/mol. The van der Waals surface area contributed by atoms with E-state index in [2.05, 4.69) is 60.0 Å². The zero-order valence-corrected chi connectivity index (χ0v) is 22.7. The molecule has 0 amide bonds. The van der Waals surface area contributed by atoms with Crippen LogP contribution in [-0.4, -0.2) is 74.5 Å². The Hall–Kier alpha value is -3.85. The van der Waals surface area contributed by atoms with Gasteiger partial charge in [0.05, 0.1) is 17.4 Å². The summed E-state index contributed by atoms with van der Waals surface area (Å²) in [4.78, 5) is 27.6. The molecule has 1 heterocycles. The Bertz CT molecular complexity index is 1200. The van der Waals surface area contributed by atoms with E-state index in [1.165, 1.54) is 5.56 Å². The molecular formula is C26H32F6N4O5. The molecule has 228 valence electrons. The number of nitrogens with one attached hydrogen (secondary N) is 2. The Morgan fingerprint density at radius 3 is 1.85 bits per heavy atom. The average Bonchev–Trinajstić information content (AvgIpc) is 3.32. The molecule has 0 unspecified atom stereocenters. The van der Waals surface area contributed by atoms with Crippen LogP contribution < -0.4 is 10.1 Å². The second kappa shape index (κ2) is 15.8. The molecule has 0 aliphatic carbocycles. The number of halogens is 6.